The van der Waals surface area contributed by atoms with Crippen molar-refractivity contribution in [3.8, 4) is 29.0 Å². The Kier molecular flexibility index (Phi) is 5.51. The fraction of sp³-hybridized carbons (Fsp3) is 0.160. The fourth-order valence-electron chi connectivity index (χ4n) is 4.18. The van der Waals surface area contributed by atoms with Gasteiger partial charge in [0.1, 0.15) is 17.3 Å². The number of nitriles is 1. The summed E-state index contributed by atoms with van der Waals surface area (Å²) in [4.78, 5) is 20.8. The highest BCUT2D eigenvalue weighted by Gasteiger charge is 2.37. The van der Waals surface area contributed by atoms with E-state index in [9.17, 15) is 10.1 Å². The third-order valence-corrected chi connectivity index (χ3v) is 5.71. The summed E-state index contributed by atoms with van der Waals surface area (Å²) < 4.78 is 14.2. The van der Waals surface area contributed by atoms with Gasteiger partial charge in [0.05, 0.1) is 23.8 Å². The molecule has 5 rings (SSSR count). The van der Waals surface area contributed by atoms with Crippen molar-refractivity contribution >= 4 is 5.97 Å². The molecule has 0 spiro atoms. The number of nitrogens with two attached hydrogens (primary N) is 1. The molecule has 10 nitrogen and oxygen atoms in total. The Morgan fingerprint density at radius 1 is 1.20 bits per heavy atom. The molecular weight excluding hydrogens is 446 g/mol. The van der Waals surface area contributed by atoms with Crippen LogP contribution in [0.25, 0.3) is 17.1 Å². The van der Waals surface area contributed by atoms with E-state index < -0.39 is 11.9 Å². The predicted molar refractivity (Wildman–Crippen MR) is 125 cm³/mol. The minimum Gasteiger partial charge on any atom is -0.460 e. The van der Waals surface area contributed by atoms with E-state index in [4.69, 9.17) is 15.2 Å². The van der Waals surface area contributed by atoms with Gasteiger partial charge in [0, 0.05) is 31.3 Å². The summed E-state index contributed by atoms with van der Waals surface area (Å²) in [7, 11) is 1.76. The van der Waals surface area contributed by atoms with Crippen molar-refractivity contribution < 1.29 is 14.3 Å². The molecule has 10 heteroatoms. The molecular formula is C25H21N7O3. The number of ether oxygens (including phenoxy) is 2. The van der Waals surface area contributed by atoms with Crippen LogP contribution in [0.15, 0.2) is 72.5 Å². The topological polar surface area (TPSA) is 134 Å². The molecule has 0 fully saturated rings. The number of hydrogen-bond acceptors (Lipinski definition) is 8. The van der Waals surface area contributed by atoms with E-state index in [1.807, 2.05) is 42.5 Å². The van der Waals surface area contributed by atoms with E-state index in [1.165, 1.54) is 6.20 Å². The minimum atomic E-state index is -0.518. The van der Waals surface area contributed by atoms with Crippen LogP contribution in [0.1, 0.15) is 34.6 Å². The fourth-order valence-corrected chi connectivity index (χ4v) is 4.18. The largest absolute Gasteiger partial charge is 0.460 e. The number of benzene rings is 1. The van der Waals surface area contributed by atoms with E-state index in [1.54, 1.807) is 35.6 Å². The van der Waals surface area contributed by atoms with E-state index in [0.29, 0.717) is 28.5 Å². The lowest BCUT2D eigenvalue weighted by Crippen LogP contribution is -2.22. The number of aryl methyl sites for hydroxylation is 1. The maximum Gasteiger partial charge on any atom is 0.374 e. The molecule has 1 unspecified atom stereocenters. The number of nitrogens with zero attached hydrogens (tertiary/aromatic N) is 6. The summed E-state index contributed by atoms with van der Waals surface area (Å²) in [5.74, 6) is -0.358. The van der Waals surface area contributed by atoms with Crippen molar-refractivity contribution in [3.63, 3.8) is 0 Å². The Bertz CT molecular complexity index is 1480. The lowest BCUT2D eigenvalue weighted by Gasteiger charge is -2.25. The lowest BCUT2D eigenvalue weighted by atomic mass is 9.83. The Balaban J connectivity index is 1.61. The van der Waals surface area contributed by atoms with Gasteiger partial charge in [0.25, 0.3) is 0 Å². The van der Waals surface area contributed by atoms with Crippen LogP contribution < -0.4 is 10.5 Å². The Morgan fingerprint density at radius 3 is 2.69 bits per heavy atom. The SMILES string of the molecule is CCOC(=O)c1nccn1-c1ccc(C2C(C#N)=C(N)Oc3c2c(-c2ccccn2)nn3C)cc1. The van der Waals surface area contributed by atoms with Gasteiger partial charge in [-0.05, 0) is 36.8 Å². The van der Waals surface area contributed by atoms with Crippen molar-refractivity contribution in [2.75, 3.05) is 6.61 Å². The number of fused-ring (bicyclic) bond motifs is 1. The lowest BCUT2D eigenvalue weighted by molar-refractivity contribution is 0.0510. The molecule has 4 heterocycles. The van der Waals surface area contributed by atoms with Gasteiger partial charge >= 0.3 is 5.97 Å². The van der Waals surface area contributed by atoms with Gasteiger partial charge in [-0.1, -0.05) is 18.2 Å². The number of carbonyl (C=O) groups excluding carboxylic acids is 1. The Labute approximate surface area is 200 Å². The normalized spacial score (nSPS) is 14.7. The molecule has 4 aromatic rings. The highest BCUT2D eigenvalue weighted by molar-refractivity contribution is 5.86. The molecule has 1 aliphatic rings. The zero-order valence-corrected chi connectivity index (χ0v) is 19.0. The second-order valence-corrected chi connectivity index (χ2v) is 7.76. The number of pyridine rings is 1. The summed E-state index contributed by atoms with van der Waals surface area (Å²) in [6, 6.07) is 15.2. The number of rotatable bonds is 5. The second kappa shape index (κ2) is 8.79. The van der Waals surface area contributed by atoms with Gasteiger partial charge in [-0.15, -0.1) is 0 Å². The molecule has 0 saturated carbocycles. The van der Waals surface area contributed by atoms with Crippen LogP contribution in [-0.2, 0) is 11.8 Å². The molecule has 3 aromatic heterocycles. The van der Waals surface area contributed by atoms with E-state index in [-0.39, 0.29) is 23.9 Å². The molecule has 0 amide bonds. The van der Waals surface area contributed by atoms with Gasteiger partial charge in [-0.25, -0.2) is 14.5 Å². The van der Waals surface area contributed by atoms with Gasteiger partial charge in [-0.3, -0.25) is 9.55 Å². The van der Waals surface area contributed by atoms with E-state index in [0.717, 1.165) is 5.56 Å². The molecule has 0 radical (unpaired) electrons. The van der Waals surface area contributed by atoms with Crippen molar-refractivity contribution in [1.82, 2.24) is 24.3 Å². The first-order chi connectivity index (χ1) is 17.0. The van der Waals surface area contributed by atoms with Gasteiger partial charge < -0.3 is 15.2 Å². The van der Waals surface area contributed by atoms with Crippen LogP contribution in [-0.4, -0.2) is 36.9 Å². The Hall–Kier alpha value is -4.91. The first kappa shape index (κ1) is 21.9. The summed E-state index contributed by atoms with van der Waals surface area (Å²) >= 11 is 0. The summed E-state index contributed by atoms with van der Waals surface area (Å²) in [6.45, 7) is 2.00. The van der Waals surface area contributed by atoms with Crippen molar-refractivity contribution in [3.05, 3.63) is 89.5 Å². The van der Waals surface area contributed by atoms with E-state index in [2.05, 4.69) is 21.1 Å². The molecule has 174 valence electrons. The maximum atomic E-state index is 12.3. The number of hydrogen-bond donors (Lipinski definition) is 1. The minimum absolute atomic E-state index is 0.0313. The maximum absolute atomic E-state index is 12.3. The number of carbonyl (C=O) groups is 1. The van der Waals surface area contributed by atoms with Crippen LogP contribution in [0.5, 0.6) is 5.88 Å². The first-order valence-corrected chi connectivity index (χ1v) is 10.9. The quantitative estimate of drug-likeness (QED) is 0.443. The third-order valence-electron chi connectivity index (χ3n) is 5.71. The first-order valence-electron chi connectivity index (χ1n) is 10.9. The number of aromatic nitrogens is 5. The molecule has 1 atom stereocenters. The van der Waals surface area contributed by atoms with Crippen molar-refractivity contribution in [1.29, 1.82) is 5.26 Å². The smallest absolute Gasteiger partial charge is 0.374 e. The molecule has 0 saturated heterocycles. The third kappa shape index (κ3) is 3.69. The number of allylic oxidation sites excluding steroid dienone is 1. The zero-order chi connectivity index (χ0) is 24.5. The second-order valence-electron chi connectivity index (χ2n) is 7.76. The van der Waals surface area contributed by atoms with Gasteiger partial charge in [-0.2, -0.15) is 10.4 Å². The van der Waals surface area contributed by atoms with Crippen LogP contribution in [0.2, 0.25) is 0 Å². The molecule has 0 aliphatic carbocycles. The predicted octanol–water partition coefficient (Wildman–Crippen LogP) is 3.06. The average molecular weight is 467 g/mol. The van der Waals surface area contributed by atoms with Gasteiger partial charge in [0.15, 0.2) is 0 Å². The summed E-state index contributed by atoms with van der Waals surface area (Å²) in [5.41, 5.74) is 9.93. The molecule has 0 bridgehead atoms. The van der Waals surface area contributed by atoms with E-state index >= 15 is 0 Å². The standard InChI is InChI=1S/C25H21N7O3/c1-3-34-25(33)23-29-12-13-32(23)16-9-7-15(8-10-16)19-17(14-26)22(27)35-24-20(19)21(30-31(24)2)18-6-4-5-11-28-18/h4-13,19H,3,27H2,1-2H3. The van der Waals surface area contributed by atoms with Crippen LogP contribution in [0.3, 0.4) is 0 Å². The highest BCUT2D eigenvalue weighted by Crippen LogP contribution is 2.46. The number of esters is 1. The molecule has 1 aromatic carbocycles. The van der Waals surface area contributed by atoms with Crippen molar-refractivity contribution in [2.24, 2.45) is 12.8 Å². The average Bonchev–Trinajstić information content (AvgIpc) is 3.49. The van der Waals surface area contributed by atoms with Crippen LogP contribution >= 0.6 is 0 Å². The van der Waals surface area contributed by atoms with Crippen molar-refractivity contribution in [2.45, 2.75) is 12.8 Å². The molecule has 35 heavy (non-hydrogen) atoms. The highest BCUT2D eigenvalue weighted by atomic mass is 16.5. The van der Waals surface area contributed by atoms with Crippen LogP contribution in [0.4, 0.5) is 0 Å². The number of imidazole rings is 1. The summed E-state index contributed by atoms with van der Waals surface area (Å²) in [6.07, 6.45) is 4.91. The van der Waals surface area contributed by atoms with Gasteiger partial charge in [0.2, 0.25) is 17.6 Å². The van der Waals surface area contributed by atoms with Crippen LogP contribution in [0, 0.1) is 11.3 Å². The summed E-state index contributed by atoms with van der Waals surface area (Å²) in [5, 5.41) is 14.6. The zero-order valence-electron chi connectivity index (χ0n) is 19.0. The molecule has 2 N–H and O–H groups in total. The Morgan fingerprint density at radius 2 is 2.00 bits per heavy atom. The monoisotopic (exact) mass is 467 g/mol. The molecule has 1 aliphatic heterocycles.